The molecule has 0 aliphatic carbocycles. The predicted octanol–water partition coefficient (Wildman–Crippen LogP) is 4.09. The summed E-state index contributed by atoms with van der Waals surface area (Å²) in [5, 5.41) is 0. The first-order valence-corrected chi connectivity index (χ1v) is 10.3. The zero-order valence-electron chi connectivity index (χ0n) is 15.1. The van der Waals surface area contributed by atoms with Gasteiger partial charge in [0.05, 0.1) is 51.4 Å². The van der Waals surface area contributed by atoms with Crippen LogP contribution in [0.4, 0.5) is 0 Å². The topological polar surface area (TPSA) is 0 Å². The van der Waals surface area contributed by atoms with E-state index in [1.165, 1.54) is 99.1 Å². The highest BCUT2D eigenvalue weighted by atomic mass is 15.4. The van der Waals surface area contributed by atoms with Crippen molar-refractivity contribution in [3.63, 3.8) is 0 Å². The first-order chi connectivity index (χ1) is 10.6. The van der Waals surface area contributed by atoms with Gasteiger partial charge < -0.3 is 8.97 Å². The smallest absolute Gasteiger partial charge is 0.0892 e. The van der Waals surface area contributed by atoms with E-state index >= 15 is 0 Å². The number of nitrogens with zero attached hydrogens (tertiary/aromatic N) is 2. The lowest BCUT2D eigenvalue weighted by Gasteiger charge is -2.46. The summed E-state index contributed by atoms with van der Waals surface area (Å²) in [7, 11) is 5.20. The van der Waals surface area contributed by atoms with Crippen LogP contribution in [0.5, 0.6) is 0 Å². The van der Waals surface area contributed by atoms with Crippen molar-refractivity contribution in [1.82, 2.24) is 0 Å². The predicted molar refractivity (Wildman–Crippen MR) is 92.7 cm³/mol. The first kappa shape index (κ1) is 15.4. The van der Waals surface area contributed by atoms with E-state index in [-0.39, 0.29) is 0 Å². The highest BCUT2D eigenvalue weighted by molar-refractivity contribution is 4.82. The SMILES string of the molecule is C[N+]1(CCCC[N+]2(C)[C@@H]3CCC[C@H]2CC3)[C@@H]2CCC[C@H]1CC2. The molecule has 4 heterocycles. The van der Waals surface area contributed by atoms with E-state index in [0.717, 1.165) is 24.2 Å². The Morgan fingerprint density at radius 1 is 0.545 bits per heavy atom. The average molecular weight is 307 g/mol. The van der Waals surface area contributed by atoms with E-state index < -0.39 is 0 Å². The minimum absolute atomic E-state index is 1.02. The van der Waals surface area contributed by atoms with E-state index in [9.17, 15) is 0 Å². The third kappa shape index (κ3) is 2.36. The van der Waals surface area contributed by atoms with Crippen LogP contribution in [0.15, 0.2) is 0 Å². The van der Waals surface area contributed by atoms with Crippen LogP contribution in [-0.4, -0.2) is 60.3 Å². The number of fused-ring (bicyclic) bond motifs is 4. The number of hydrogen-bond acceptors (Lipinski definition) is 0. The van der Waals surface area contributed by atoms with Crippen LogP contribution in [0.1, 0.15) is 77.0 Å². The molecule has 0 spiro atoms. The summed E-state index contributed by atoms with van der Waals surface area (Å²) in [5.74, 6) is 0. The van der Waals surface area contributed by atoms with Gasteiger partial charge in [0.2, 0.25) is 0 Å². The van der Waals surface area contributed by atoms with Gasteiger partial charge >= 0.3 is 0 Å². The molecule has 2 heteroatoms. The van der Waals surface area contributed by atoms with Crippen LogP contribution in [0.25, 0.3) is 0 Å². The van der Waals surface area contributed by atoms with Gasteiger partial charge in [0.15, 0.2) is 0 Å². The van der Waals surface area contributed by atoms with Crippen molar-refractivity contribution in [3.05, 3.63) is 0 Å². The number of rotatable bonds is 5. The summed E-state index contributed by atoms with van der Waals surface area (Å²) in [6, 6.07) is 4.09. The molecule has 126 valence electrons. The van der Waals surface area contributed by atoms with Gasteiger partial charge in [-0.25, -0.2) is 0 Å². The molecule has 0 radical (unpaired) electrons. The second kappa shape index (κ2) is 5.77. The molecule has 0 saturated carbocycles. The van der Waals surface area contributed by atoms with Gasteiger partial charge in [-0.2, -0.15) is 0 Å². The summed E-state index contributed by atoms with van der Waals surface area (Å²) < 4.78 is 2.91. The van der Waals surface area contributed by atoms with Gasteiger partial charge in [0.1, 0.15) is 0 Å². The summed E-state index contributed by atoms with van der Waals surface area (Å²) in [4.78, 5) is 0. The molecule has 2 nitrogen and oxygen atoms in total. The number of unbranched alkanes of at least 4 members (excludes halogenated alkanes) is 1. The van der Waals surface area contributed by atoms with Crippen LogP contribution >= 0.6 is 0 Å². The number of quaternary nitrogens is 2. The molecule has 6 atom stereocenters. The molecule has 0 aromatic rings. The Morgan fingerprint density at radius 2 is 0.864 bits per heavy atom. The standard InChI is InChI=1S/C20H38N2/c1-21(17-7-5-8-18(21)12-11-17)15-3-4-16-22(2)19-9-6-10-20(22)14-13-19/h17-20H,3-16H2,1-2H3/q+2/t17-,18+,19-,20+,21?,22?. The highest BCUT2D eigenvalue weighted by Crippen LogP contribution is 2.43. The second-order valence-electron chi connectivity index (χ2n) is 9.48. The average Bonchev–Trinajstić information content (AvgIpc) is 2.82. The molecule has 0 aromatic carbocycles. The largest absolute Gasteiger partial charge is 0.321 e. The summed E-state index contributed by atoms with van der Waals surface area (Å²) in [6.07, 6.45) is 18.2. The van der Waals surface area contributed by atoms with E-state index in [0.29, 0.717) is 0 Å². The minimum atomic E-state index is 1.02. The maximum absolute atomic E-state index is 2.60. The molecule has 0 amide bonds. The van der Waals surface area contributed by atoms with Gasteiger partial charge in [0.25, 0.3) is 0 Å². The highest BCUT2D eigenvalue weighted by Gasteiger charge is 2.49. The molecule has 0 aromatic heterocycles. The minimum Gasteiger partial charge on any atom is -0.321 e. The van der Waals surface area contributed by atoms with Crippen molar-refractivity contribution < 1.29 is 8.97 Å². The van der Waals surface area contributed by atoms with Crippen molar-refractivity contribution in [2.75, 3.05) is 27.2 Å². The molecule has 4 fully saturated rings. The number of piperidine rings is 2. The molecule has 4 saturated heterocycles. The Labute approximate surface area is 138 Å². The monoisotopic (exact) mass is 306 g/mol. The van der Waals surface area contributed by atoms with Gasteiger partial charge in [-0.3, -0.25) is 0 Å². The van der Waals surface area contributed by atoms with Crippen LogP contribution in [0, 0.1) is 0 Å². The quantitative estimate of drug-likeness (QED) is 0.530. The normalized spacial score (nSPS) is 50.5. The van der Waals surface area contributed by atoms with Crippen LogP contribution in [0.2, 0.25) is 0 Å². The molecular weight excluding hydrogens is 268 g/mol. The molecular formula is C20H38N2+2. The van der Waals surface area contributed by atoms with Crippen molar-refractivity contribution in [2.45, 2.75) is 101 Å². The van der Waals surface area contributed by atoms with E-state index in [4.69, 9.17) is 0 Å². The maximum atomic E-state index is 2.60. The molecule has 4 bridgehead atoms. The second-order valence-corrected chi connectivity index (χ2v) is 9.48. The number of hydrogen-bond donors (Lipinski definition) is 0. The van der Waals surface area contributed by atoms with Gasteiger partial charge in [-0.15, -0.1) is 0 Å². The third-order valence-electron chi connectivity index (χ3n) is 8.68. The molecule has 4 aliphatic heterocycles. The van der Waals surface area contributed by atoms with E-state index in [2.05, 4.69) is 14.1 Å². The first-order valence-electron chi connectivity index (χ1n) is 10.3. The lowest BCUT2D eigenvalue weighted by atomic mass is 9.97. The van der Waals surface area contributed by atoms with Crippen molar-refractivity contribution in [3.8, 4) is 0 Å². The summed E-state index contributed by atoms with van der Waals surface area (Å²) in [5.41, 5.74) is 0. The van der Waals surface area contributed by atoms with Crippen molar-refractivity contribution in [2.24, 2.45) is 0 Å². The zero-order valence-corrected chi connectivity index (χ0v) is 15.1. The van der Waals surface area contributed by atoms with Gasteiger partial charge in [0, 0.05) is 38.5 Å². The van der Waals surface area contributed by atoms with E-state index in [1.807, 2.05) is 0 Å². The van der Waals surface area contributed by atoms with Crippen LogP contribution in [0.3, 0.4) is 0 Å². The Morgan fingerprint density at radius 3 is 1.18 bits per heavy atom. The molecule has 4 aliphatic rings. The van der Waals surface area contributed by atoms with Gasteiger partial charge in [-0.05, 0) is 38.5 Å². The van der Waals surface area contributed by atoms with E-state index in [1.54, 1.807) is 0 Å². The Kier molecular flexibility index (Phi) is 4.05. The Hall–Kier alpha value is -0.0800. The summed E-state index contributed by atoms with van der Waals surface area (Å²) >= 11 is 0. The lowest BCUT2D eigenvalue weighted by Crippen LogP contribution is -2.57. The van der Waals surface area contributed by atoms with Crippen LogP contribution < -0.4 is 0 Å². The lowest BCUT2D eigenvalue weighted by molar-refractivity contribution is -0.954. The fourth-order valence-corrected chi connectivity index (χ4v) is 7.12. The fraction of sp³-hybridized carbons (Fsp3) is 1.00. The molecule has 2 unspecified atom stereocenters. The van der Waals surface area contributed by atoms with Crippen molar-refractivity contribution >= 4 is 0 Å². The Bertz CT molecular complexity index is 335. The fourth-order valence-electron chi connectivity index (χ4n) is 7.12. The van der Waals surface area contributed by atoms with Crippen molar-refractivity contribution in [1.29, 1.82) is 0 Å². The summed E-state index contributed by atoms with van der Waals surface area (Å²) in [6.45, 7) is 2.95. The zero-order chi connectivity index (χ0) is 15.2. The van der Waals surface area contributed by atoms with Gasteiger partial charge in [-0.1, -0.05) is 0 Å². The molecule has 22 heavy (non-hydrogen) atoms. The maximum Gasteiger partial charge on any atom is 0.0892 e. The van der Waals surface area contributed by atoms with Crippen LogP contribution in [-0.2, 0) is 0 Å². The molecule has 4 rings (SSSR count). The Balaban J connectivity index is 1.29. The molecule has 0 N–H and O–H groups in total. The third-order valence-corrected chi connectivity index (χ3v) is 8.68.